The molecule has 0 amide bonds. The van der Waals surface area contributed by atoms with Gasteiger partial charge in [0.25, 0.3) is 0 Å². The lowest BCUT2D eigenvalue weighted by atomic mass is 9.87. The van der Waals surface area contributed by atoms with E-state index < -0.39 is 12.0 Å². The highest BCUT2D eigenvalue weighted by molar-refractivity contribution is 5.94. The van der Waals surface area contributed by atoms with Crippen LogP contribution in [0.5, 0.6) is 0 Å². The Hall–Kier alpha value is -3.11. The van der Waals surface area contributed by atoms with Crippen molar-refractivity contribution in [2.45, 2.75) is 31.3 Å². The van der Waals surface area contributed by atoms with Gasteiger partial charge in [0.15, 0.2) is 0 Å². The molecule has 3 N–H and O–H groups in total. The van der Waals surface area contributed by atoms with Crippen LogP contribution in [0.4, 0.5) is 0 Å². The third-order valence-electron chi connectivity index (χ3n) is 6.43. The van der Waals surface area contributed by atoms with Gasteiger partial charge >= 0.3 is 5.97 Å². The van der Waals surface area contributed by atoms with Crippen molar-refractivity contribution >= 4 is 27.6 Å². The molecule has 0 saturated heterocycles. The van der Waals surface area contributed by atoms with E-state index in [1.807, 2.05) is 12.1 Å². The summed E-state index contributed by atoms with van der Waals surface area (Å²) in [5.74, 6) is -0.799. The number of hydrogen-bond acceptors (Lipinski definition) is 2. The summed E-state index contributed by atoms with van der Waals surface area (Å²) < 4.78 is 0. The van der Waals surface area contributed by atoms with Gasteiger partial charge in [0.2, 0.25) is 0 Å². The Labute approximate surface area is 162 Å². The number of carboxylic acids is 1. The minimum Gasteiger partial charge on any atom is -0.480 e. The number of H-pyrrole nitrogens is 1. The minimum atomic E-state index is -0.799. The molecule has 28 heavy (non-hydrogen) atoms. The molecule has 1 aliphatic carbocycles. The first-order valence-electron chi connectivity index (χ1n) is 9.82. The summed E-state index contributed by atoms with van der Waals surface area (Å²) in [4.78, 5) is 15.5. The zero-order valence-corrected chi connectivity index (χ0v) is 15.3. The SMILES string of the molecule is O=C(O)C1Cc2c([nH]c3ccccc23)C(c2ccc3c4c(cccc24)CC3)N1. The first-order valence-corrected chi connectivity index (χ1v) is 9.82. The predicted octanol–water partition coefficient (Wildman–Crippen LogP) is 4.11. The second-order valence-electron chi connectivity index (χ2n) is 7.91. The number of benzene rings is 3. The van der Waals surface area contributed by atoms with E-state index in [2.05, 4.69) is 52.8 Å². The maximum absolute atomic E-state index is 11.9. The fourth-order valence-electron chi connectivity index (χ4n) is 5.16. The highest BCUT2D eigenvalue weighted by Crippen LogP contribution is 2.40. The number of aliphatic carboxylic acids is 1. The molecule has 2 atom stereocenters. The van der Waals surface area contributed by atoms with Crippen LogP contribution < -0.4 is 5.32 Å². The Morgan fingerprint density at radius 2 is 1.71 bits per heavy atom. The average Bonchev–Trinajstić information content (AvgIpc) is 3.30. The Kier molecular flexibility index (Phi) is 3.23. The number of aromatic nitrogens is 1. The second-order valence-corrected chi connectivity index (χ2v) is 7.91. The number of fused-ring (bicyclic) bond motifs is 3. The lowest BCUT2D eigenvalue weighted by molar-refractivity contribution is -0.139. The number of aromatic amines is 1. The lowest BCUT2D eigenvalue weighted by Crippen LogP contribution is -2.45. The number of carbonyl (C=O) groups is 1. The number of para-hydroxylation sites is 1. The van der Waals surface area contributed by atoms with Crippen LogP contribution >= 0.6 is 0 Å². The van der Waals surface area contributed by atoms with Gasteiger partial charge in [-0.05, 0) is 51.9 Å². The maximum atomic E-state index is 11.9. The Balaban J connectivity index is 1.62. The zero-order chi connectivity index (χ0) is 18.8. The molecule has 0 fully saturated rings. The molecule has 0 spiro atoms. The van der Waals surface area contributed by atoms with Crippen molar-refractivity contribution in [2.24, 2.45) is 0 Å². The van der Waals surface area contributed by atoms with Crippen molar-refractivity contribution in [1.29, 1.82) is 0 Å². The second kappa shape index (κ2) is 5.69. The lowest BCUT2D eigenvalue weighted by Gasteiger charge is -2.30. The van der Waals surface area contributed by atoms with E-state index in [0.29, 0.717) is 6.42 Å². The van der Waals surface area contributed by atoms with Gasteiger partial charge in [-0.15, -0.1) is 0 Å². The fourth-order valence-corrected chi connectivity index (χ4v) is 5.16. The van der Waals surface area contributed by atoms with E-state index >= 15 is 0 Å². The van der Waals surface area contributed by atoms with Gasteiger partial charge in [-0.2, -0.15) is 0 Å². The third-order valence-corrected chi connectivity index (χ3v) is 6.43. The Morgan fingerprint density at radius 1 is 0.929 bits per heavy atom. The van der Waals surface area contributed by atoms with Gasteiger partial charge in [-0.3, -0.25) is 10.1 Å². The topological polar surface area (TPSA) is 65.1 Å². The summed E-state index contributed by atoms with van der Waals surface area (Å²) in [5.41, 5.74) is 7.23. The standard InChI is InChI=1S/C24H20N2O2/c27-24(28)20-12-18-15-5-1-2-7-19(15)25-23(18)22(26-20)17-11-10-14-9-8-13-4-3-6-16(17)21(13)14/h1-7,10-11,20,22,25-26H,8-9,12H2,(H,27,28). The molecule has 1 aromatic heterocycles. The van der Waals surface area contributed by atoms with Gasteiger partial charge in [0.05, 0.1) is 6.04 Å². The van der Waals surface area contributed by atoms with E-state index in [-0.39, 0.29) is 6.04 Å². The molecule has 2 unspecified atom stereocenters. The largest absolute Gasteiger partial charge is 0.480 e. The summed E-state index contributed by atoms with van der Waals surface area (Å²) in [7, 11) is 0. The third kappa shape index (κ3) is 2.12. The molecule has 1 aliphatic heterocycles. The highest BCUT2D eigenvalue weighted by atomic mass is 16.4. The molecule has 4 nitrogen and oxygen atoms in total. The van der Waals surface area contributed by atoms with Gasteiger partial charge in [-0.25, -0.2) is 0 Å². The van der Waals surface area contributed by atoms with Crippen LogP contribution in [0.3, 0.4) is 0 Å². The molecule has 2 aliphatic rings. The zero-order valence-electron chi connectivity index (χ0n) is 15.3. The Bertz CT molecular complexity index is 1260. The molecular formula is C24H20N2O2. The molecule has 0 saturated carbocycles. The molecule has 6 rings (SSSR count). The first-order chi connectivity index (χ1) is 13.7. The van der Waals surface area contributed by atoms with E-state index in [1.165, 1.54) is 21.9 Å². The van der Waals surface area contributed by atoms with E-state index in [9.17, 15) is 9.90 Å². The number of aryl methyl sites for hydroxylation is 2. The maximum Gasteiger partial charge on any atom is 0.321 e. The smallest absolute Gasteiger partial charge is 0.321 e. The van der Waals surface area contributed by atoms with Gasteiger partial charge in [0, 0.05) is 23.0 Å². The van der Waals surface area contributed by atoms with Crippen molar-refractivity contribution in [3.63, 3.8) is 0 Å². The van der Waals surface area contributed by atoms with Crippen molar-refractivity contribution in [1.82, 2.24) is 10.3 Å². The van der Waals surface area contributed by atoms with Crippen LogP contribution in [0.2, 0.25) is 0 Å². The van der Waals surface area contributed by atoms with Gasteiger partial charge < -0.3 is 10.1 Å². The monoisotopic (exact) mass is 368 g/mol. The van der Waals surface area contributed by atoms with Crippen LogP contribution in [0.25, 0.3) is 21.7 Å². The van der Waals surface area contributed by atoms with E-state index in [0.717, 1.165) is 40.6 Å². The summed E-state index contributed by atoms with van der Waals surface area (Å²) in [5, 5.41) is 16.9. The highest BCUT2D eigenvalue weighted by Gasteiger charge is 2.35. The van der Waals surface area contributed by atoms with E-state index in [1.54, 1.807) is 0 Å². The van der Waals surface area contributed by atoms with Crippen LogP contribution in [0.1, 0.15) is 34.0 Å². The Morgan fingerprint density at radius 3 is 2.57 bits per heavy atom. The van der Waals surface area contributed by atoms with Crippen LogP contribution in [0, 0.1) is 0 Å². The number of rotatable bonds is 2. The number of nitrogens with one attached hydrogen (secondary N) is 2. The molecule has 138 valence electrons. The van der Waals surface area contributed by atoms with Crippen molar-refractivity contribution in [2.75, 3.05) is 0 Å². The molecule has 4 aromatic rings. The van der Waals surface area contributed by atoms with E-state index in [4.69, 9.17) is 0 Å². The summed E-state index contributed by atoms with van der Waals surface area (Å²) in [6, 6.07) is 18.3. The fraction of sp³-hybridized carbons (Fsp3) is 0.208. The van der Waals surface area contributed by atoms with Gasteiger partial charge in [0.1, 0.15) is 6.04 Å². The molecule has 2 heterocycles. The predicted molar refractivity (Wildman–Crippen MR) is 110 cm³/mol. The van der Waals surface area contributed by atoms with Crippen molar-refractivity contribution < 1.29 is 9.90 Å². The summed E-state index contributed by atoms with van der Waals surface area (Å²) >= 11 is 0. The summed E-state index contributed by atoms with van der Waals surface area (Å²) in [6.07, 6.45) is 2.67. The molecule has 0 radical (unpaired) electrons. The molecule has 3 aromatic carbocycles. The molecule has 4 heteroatoms. The quantitative estimate of drug-likeness (QED) is 0.499. The summed E-state index contributed by atoms with van der Waals surface area (Å²) in [6.45, 7) is 0. The van der Waals surface area contributed by atoms with Crippen molar-refractivity contribution in [3.8, 4) is 0 Å². The first kappa shape index (κ1) is 15.9. The van der Waals surface area contributed by atoms with Crippen LogP contribution in [0.15, 0.2) is 54.6 Å². The average molecular weight is 368 g/mol. The molecule has 0 bridgehead atoms. The molecular weight excluding hydrogens is 348 g/mol. The van der Waals surface area contributed by atoms with Crippen LogP contribution in [-0.2, 0) is 24.1 Å². The normalized spacial score (nSPS) is 20.6. The number of carboxylic acid groups (broad SMARTS) is 1. The number of hydrogen-bond donors (Lipinski definition) is 3. The van der Waals surface area contributed by atoms with Gasteiger partial charge in [-0.1, -0.05) is 48.5 Å². The van der Waals surface area contributed by atoms with Crippen LogP contribution in [-0.4, -0.2) is 22.1 Å². The minimum absolute atomic E-state index is 0.165. The van der Waals surface area contributed by atoms with Crippen molar-refractivity contribution in [3.05, 3.63) is 82.5 Å².